The highest BCUT2D eigenvalue weighted by Gasteiger charge is 2.19. The molecule has 0 aliphatic carbocycles. The molecule has 0 bridgehead atoms. The number of nitrogens with two attached hydrogens (primary N) is 1. The van der Waals surface area contributed by atoms with Gasteiger partial charge in [0.1, 0.15) is 0 Å². The molecule has 1 fully saturated rings. The number of nitrogens with one attached hydrogen (secondary N) is 2. The van der Waals surface area contributed by atoms with Crippen LogP contribution in [0, 0.1) is 0 Å². The molecule has 1 amide bonds. The Bertz CT molecular complexity index is 514. The van der Waals surface area contributed by atoms with Crippen molar-refractivity contribution in [2.45, 2.75) is 6.42 Å². The summed E-state index contributed by atoms with van der Waals surface area (Å²) in [5.74, 6) is 2.50. The van der Waals surface area contributed by atoms with E-state index in [1.807, 2.05) is 23.9 Å². The number of anilines is 3. The summed E-state index contributed by atoms with van der Waals surface area (Å²) < 4.78 is 0. The predicted molar refractivity (Wildman–Crippen MR) is 85.4 cm³/mol. The topological polar surface area (TPSA) is 70.4 Å². The first kappa shape index (κ1) is 13.6. The molecule has 4 N–H and O–H groups in total. The van der Waals surface area contributed by atoms with Gasteiger partial charge in [-0.2, -0.15) is 11.8 Å². The monoisotopic (exact) mass is 292 g/mol. The van der Waals surface area contributed by atoms with Gasteiger partial charge < -0.3 is 16.4 Å². The van der Waals surface area contributed by atoms with E-state index >= 15 is 0 Å². The van der Waals surface area contributed by atoms with Crippen LogP contribution >= 0.6 is 11.8 Å². The zero-order valence-corrected chi connectivity index (χ0v) is 12.3. The molecule has 2 aliphatic heterocycles. The summed E-state index contributed by atoms with van der Waals surface area (Å²) >= 11 is 2.02. The normalized spacial score (nSPS) is 18.7. The smallest absolute Gasteiger partial charge is 0.228 e. The molecule has 1 aromatic rings. The van der Waals surface area contributed by atoms with E-state index in [0.717, 1.165) is 35.7 Å². The molecule has 1 saturated heterocycles. The first-order chi connectivity index (χ1) is 9.72. The maximum absolute atomic E-state index is 11.4. The molecule has 2 aliphatic rings. The fourth-order valence-electron chi connectivity index (χ4n) is 2.62. The summed E-state index contributed by atoms with van der Waals surface area (Å²) in [6.45, 7) is 4.25. The Labute approximate surface area is 123 Å². The largest absolute Gasteiger partial charge is 0.397 e. The number of hydrogen-bond donors (Lipinski definition) is 3. The highest BCUT2D eigenvalue weighted by Crippen LogP contribution is 2.31. The SMILES string of the molecule is Nc1cc2c(cc1NCCN1CCSCC1)NC(=O)C2. The van der Waals surface area contributed by atoms with Crippen LogP contribution in [0.3, 0.4) is 0 Å². The number of fused-ring (bicyclic) bond motifs is 1. The number of nitrogens with zero attached hydrogens (tertiary/aromatic N) is 1. The van der Waals surface area contributed by atoms with Crippen LogP contribution in [-0.2, 0) is 11.2 Å². The van der Waals surface area contributed by atoms with Gasteiger partial charge in [0.2, 0.25) is 5.91 Å². The minimum atomic E-state index is 0.0439. The Hall–Kier alpha value is -1.40. The van der Waals surface area contributed by atoms with Crippen molar-refractivity contribution in [3.63, 3.8) is 0 Å². The molecule has 1 aromatic carbocycles. The van der Waals surface area contributed by atoms with Gasteiger partial charge in [-0.25, -0.2) is 0 Å². The van der Waals surface area contributed by atoms with Crippen molar-refractivity contribution in [3.05, 3.63) is 17.7 Å². The van der Waals surface area contributed by atoms with Gasteiger partial charge in [-0.3, -0.25) is 9.69 Å². The Morgan fingerprint density at radius 2 is 2.15 bits per heavy atom. The average molecular weight is 292 g/mol. The molecule has 108 valence electrons. The van der Waals surface area contributed by atoms with E-state index in [1.165, 1.54) is 24.6 Å². The number of thioether (sulfide) groups is 1. The van der Waals surface area contributed by atoms with E-state index in [9.17, 15) is 4.79 Å². The molecule has 0 radical (unpaired) electrons. The summed E-state index contributed by atoms with van der Waals surface area (Å²) in [6, 6.07) is 3.84. The number of benzene rings is 1. The van der Waals surface area contributed by atoms with Crippen LogP contribution < -0.4 is 16.4 Å². The quantitative estimate of drug-likeness (QED) is 0.728. The van der Waals surface area contributed by atoms with Crippen molar-refractivity contribution in [1.29, 1.82) is 0 Å². The number of nitrogen functional groups attached to an aromatic ring is 1. The van der Waals surface area contributed by atoms with Gasteiger partial charge in [0, 0.05) is 43.4 Å². The second-order valence-corrected chi connectivity index (χ2v) is 6.43. The maximum atomic E-state index is 11.4. The highest BCUT2D eigenvalue weighted by molar-refractivity contribution is 7.99. The minimum absolute atomic E-state index is 0.0439. The van der Waals surface area contributed by atoms with Crippen LogP contribution in [0.4, 0.5) is 17.1 Å². The number of carbonyl (C=O) groups excluding carboxylic acids is 1. The molecule has 0 spiro atoms. The van der Waals surface area contributed by atoms with Crippen molar-refractivity contribution in [2.75, 3.05) is 54.1 Å². The van der Waals surface area contributed by atoms with Gasteiger partial charge in [-0.05, 0) is 17.7 Å². The van der Waals surface area contributed by atoms with Crippen LogP contribution in [0.1, 0.15) is 5.56 Å². The van der Waals surface area contributed by atoms with Crippen molar-refractivity contribution >= 4 is 34.7 Å². The van der Waals surface area contributed by atoms with Crippen molar-refractivity contribution in [3.8, 4) is 0 Å². The van der Waals surface area contributed by atoms with E-state index in [-0.39, 0.29) is 5.91 Å². The standard InChI is InChI=1S/C14H20N4OS/c15-11-7-10-8-14(19)17-12(10)9-13(11)16-1-2-18-3-5-20-6-4-18/h7,9,16H,1-6,8,15H2,(H,17,19). The number of amides is 1. The van der Waals surface area contributed by atoms with Gasteiger partial charge in [-0.1, -0.05) is 0 Å². The lowest BCUT2D eigenvalue weighted by molar-refractivity contribution is -0.115. The van der Waals surface area contributed by atoms with Crippen molar-refractivity contribution in [2.24, 2.45) is 0 Å². The molecule has 0 atom stereocenters. The Balaban J connectivity index is 1.57. The lowest BCUT2D eigenvalue weighted by atomic mass is 10.1. The zero-order valence-electron chi connectivity index (χ0n) is 11.4. The molecule has 20 heavy (non-hydrogen) atoms. The van der Waals surface area contributed by atoms with Crippen LogP contribution in [0.5, 0.6) is 0 Å². The Kier molecular flexibility index (Phi) is 4.03. The summed E-state index contributed by atoms with van der Waals surface area (Å²) in [6.07, 6.45) is 0.436. The van der Waals surface area contributed by atoms with Crippen molar-refractivity contribution in [1.82, 2.24) is 4.90 Å². The predicted octanol–water partition coefficient (Wildman–Crippen LogP) is 1.22. The molecule has 0 aromatic heterocycles. The third kappa shape index (κ3) is 3.02. The summed E-state index contributed by atoms with van der Waals surface area (Å²) in [4.78, 5) is 13.8. The molecule has 0 unspecified atom stereocenters. The molecular weight excluding hydrogens is 272 g/mol. The summed E-state index contributed by atoms with van der Waals surface area (Å²) in [5, 5.41) is 6.24. The molecule has 2 heterocycles. The van der Waals surface area contributed by atoms with Gasteiger partial charge in [0.05, 0.1) is 17.8 Å². The van der Waals surface area contributed by atoms with Gasteiger partial charge in [-0.15, -0.1) is 0 Å². The zero-order chi connectivity index (χ0) is 13.9. The number of rotatable bonds is 4. The summed E-state index contributed by atoms with van der Waals surface area (Å²) in [7, 11) is 0. The lowest BCUT2D eigenvalue weighted by Crippen LogP contribution is -2.36. The maximum Gasteiger partial charge on any atom is 0.228 e. The fourth-order valence-corrected chi connectivity index (χ4v) is 3.60. The van der Waals surface area contributed by atoms with Gasteiger partial charge in [0.15, 0.2) is 0 Å². The molecule has 3 rings (SSSR count). The molecule has 5 nitrogen and oxygen atoms in total. The van der Waals surface area contributed by atoms with E-state index in [4.69, 9.17) is 5.73 Å². The fraction of sp³-hybridized carbons (Fsp3) is 0.500. The first-order valence-electron chi connectivity index (χ1n) is 6.98. The number of carbonyl (C=O) groups is 1. The number of hydrogen-bond acceptors (Lipinski definition) is 5. The van der Waals surface area contributed by atoms with Gasteiger partial charge in [0.25, 0.3) is 0 Å². The van der Waals surface area contributed by atoms with Crippen LogP contribution in [-0.4, -0.2) is 48.5 Å². The molecular formula is C14H20N4OS. The second kappa shape index (κ2) is 5.93. The first-order valence-corrected chi connectivity index (χ1v) is 8.14. The van der Waals surface area contributed by atoms with E-state index in [0.29, 0.717) is 6.42 Å². The van der Waals surface area contributed by atoms with E-state index in [1.54, 1.807) is 0 Å². The molecule has 6 heteroatoms. The Morgan fingerprint density at radius 3 is 2.95 bits per heavy atom. The Morgan fingerprint density at radius 1 is 1.35 bits per heavy atom. The highest BCUT2D eigenvalue weighted by atomic mass is 32.2. The van der Waals surface area contributed by atoms with Gasteiger partial charge >= 0.3 is 0 Å². The lowest BCUT2D eigenvalue weighted by Gasteiger charge is -2.26. The molecule has 0 saturated carbocycles. The second-order valence-electron chi connectivity index (χ2n) is 5.20. The van der Waals surface area contributed by atoms with Crippen LogP contribution in [0.25, 0.3) is 0 Å². The third-order valence-electron chi connectivity index (χ3n) is 3.75. The van der Waals surface area contributed by atoms with E-state index in [2.05, 4.69) is 15.5 Å². The van der Waals surface area contributed by atoms with Crippen LogP contribution in [0.2, 0.25) is 0 Å². The summed E-state index contributed by atoms with van der Waals surface area (Å²) in [5.41, 5.74) is 9.55. The third-order valence-corrected chi connectivity index (χ3v) is 4.69. The van der Waals surface area contributed by atoms with Crippen molar-refractivity contribution < 1.29 is 4.79 Å². The van der Waals surface area contributed by atoms with E-state index < -0.39 is 0 Å². The minimum Gasteiger partial charge on any atom is -0.397 e. The van der Waals surface area contributed by atoms with Crippen LogP contribution in [0.15, 0.2) is 12.1 Å². The average Bonchev–Trinajstić information content (AvgIpc) is 2.79.